The first-order valence-corrected chi connectivity index (χ1v) is 6.72. The molecule has 0 aliphatic rings. The summed E-state index contributed by atoms with van der Waals surface area (Å²) in [6.07, 6.45) is 0. The topological polar surface area (TPSA) is 43.1 Å². The van der Waals surface area contributed by atoms with Gasteiger partial charge in [-0.15, -0.1) is 21.5 Å². The fourth-order valence-corrected chi connectivity index (χ4v) is 2.98. The van der Waals surface area contributed by atoms with Crippen LogP contribution in [0.2, 0.25) is 5.15 Å². The maximum absolute atomic E-state index is 6.11. The number of thiophene rings is 1. The highest BCUT2D eigenvalue weighted by Crippen LogP contribution is 2.29. The van der Waals surface area contributed by atoms with Crippen LogP contribution in [0.3, 0.4) is 0 Å². The van der Waals surface area contributed by atoms with Crippen LogP contribution >= 0.6 is 22.9 Å². The molecule has 4 nitrogen and oxygen atoms in total. The molecule has 92 valence electrons. The zero-order chi connectivity index (χ0) is 12.9. The molecule has 0 atom stereocenters. The summed E-state index contributed by atoms with van der Waals surface area (Å²) >= 11 is 7.80. The lowest BCUT2D eigenvalue weighted by Crippen LogP contribution is -2.00. The van der Waals surface area contributed by atoms with Crippen molar-refractivity contribution in [2.75, 3.05) is 0 Å². The van der Waals surface area contributed by atoms with Crippen LogP contribution in [0, 0.1) is 20.8 Å². The van der Waals surface area contributed by atoms with Crippen molar-refractivity contribution in [3.8, 4) is 10.7 Å². The van der Waals surface area contributed by atoms with E-state index < -0.39 is 0 Å². The lowest BCUT2D eigenvalue weighted by Gasteiger charge is -2.06. The van der Waals surface area contributed by atoms with E-state index in [0.29, 0.717) is 10.8 Å². The maximum atomic E-state index is 6.11. The molecule has 3 aromatic heterocycles. The minimum atomic E-state index is 0.394. The molecule has 3 heterocycles. The van der Waals surface area contributed by atoms with Gasteiger partial charge in [-0.1, -0.05) is 11.6 Å². The Hall–Kier alpha value is -1.46. The van der Waals surface area contributed by atoms with E-state index in [1.54, 1.807) is 11.3 Å². The Kier molecular flexibility index (Phi) is 2.60. The summed E-state index contributed by atoms with van der Waals surface area (Å²) in [4.78, 5) is 6.59. The van der Waals surface area contributed by atoms with Gasteiger partial charge in [-0.25, -0.2) is 4.98 Å². The third-order valence-electron chi connectivity index (χ3n) is 2.93. The third kappa shape index (κ3) is 1.62. The van der Waals surface area contributed by atoms with Gasteiger partial charge in [-0.05, 0) is 32.9 Å². The van der Waals surface area contributed by atoms with Crippen molar-refractivity contribution < 1.29 is 0 Å². The van der Waals surface area contributed by atoms with E-state index in [1.165, 1.54) is 4.88 Å². The number of hydrogen-bond acceptors (Lipinski definition) is 4. The normalized spacial score (nSPS) is 11.3. The zero-order valence-corrected chi connectivity index (χ0v) is 11.8. The number of aryl methyl sites for hydroxylation is 3. The first-order chi connectivity index (χ1) is 8.58. The van der Waals surface area contributed by atoms with Crippen LogP contribution in [0.5, 0.6) is 0 Å². The van der Waals surface area contributed by atoms with Gasteiger partial charge in [0.05, 0.1) is 10.6 Å². The lowest BCUT2D eigenvalue weighted by atomic mass is 10.3. The Balaban J connectivity index is 2.38. The third-order valence-corrected chi connectivity index (χ3v) is 4.18. The molecule has 0 aliphatic carbocycles. The van der Waals surface area contributed by atoms with Gasteiger partial charge in [-0.2, -0.15) is 0 Å². The Morgan fingerprint density at radius 2 is 1.94 bits per heavy atom. The Labute approximate surface area is 113 Å². The summed E-state index contributed by atoms with van der Waals surface area (Å²) in [5, 5.41) is 8.77. The zero-order valence-electron chi connectivity index (χ0n) is 10.2. The molecule has 0 bridgehead atoms. The van der Waals surface area contributed by atoms with E-state index in [9.17, 15) is 0 Å². The second kappa shape index (κ2) is 4.03. The van der Waals surface area contributed by atoms with Crippen molar-refractivity contribution in [3.63, 3.8) is 0 Å². The molecule has 0 saturated heterocycles. The molecular weight excluding hydrogens is 268 g/mol. The van der Waals surface area contributed by atoms with E-state index >= 15 is 0 Å². The summed E-state index contributed by atoms with van der Waals surface area (Å²) in [5.41, 5.74) is 2.52. The Morgan fingerprint density at radius 1 is 1.17 bits per heavy atom. The number of hydrogen-bond donors (Lipinski definition) is 0. The minimum Gasteiger partial charge on any atom is -0.275 e. The fourth-order valence-electron chi connectivity index (χ4n) is 1.89. The van der Waals surface area contributed by atoms with E-state index in [-0.39, 0.29) is 0 Å². The number of fused-ring (bicyclic) bond motifs is 1. The van der Waals surface area contributed by atoms with Crippen molar-refractivity contribution in [3.05, 3.63) is 33.6 Å². The summed E-state index contributed by atoms with van der Waals surface area (Å²) in [7, 11) is 0. The molecule has 0 aromatic carbocycles. The average molecular weight is 279 g/mol. The van der Waals surface area contributed by atoms with Gasteiger partial charge in [-0.3, -0.25) is 4.40 Å². The smallest absolute Gasteiger partial charge is 0.199 e. The molecule has 0 spiro atoms. The number of halogens is 1. The highest BCUT2D eigenvalue weighted by atomic mass is 35.5. The molecule has 0 N–H and O–H groups in total. The highest BCUT2D eigenvalue weighted by Gasteiger charge is 2.16. The van der Waals surface area contributed by atoms with Gasteiger partial charge < -0.3 is 0 Å². The minimum absolute atomic E-state index is 0.394. The molecule has 0 aliphatic heterocycles. The van der Waals surface area contributed by atoms with E-state index in [0.717, 1.165) is 22.1 Å². The SMILES string of the molecule is Cc1ccc(-c2nnc3c(Cl)nc(C)c(C)n23)s1. The summed E-state index contributed by atoms with van der Waals surface area (Å²) in [5.74, 6) is 0.827. The number of nitrogens with zero attached hydrogens (tertiary/aromatic N) is 4. The van der Waals surface area contributed by atoms with Crippen molar-refractivity contribution in [1.82, 2.24) is 19.6 Å². The van der Waals surface area contributed by atoms with E-state index in [1.807, 2.05) is 18.2 Å². The standard InChI is InChI=1S/C12H11ClN4S/c1-6-4-5-9(18-6)11-15-16-12-10(13)14-7(2)8(3)17(11)12/h4-5H,1-3H3. The van der Waals surface area contributed by atoms with Crippen molar-refractivity contribution in [2.24, 2.45) is 0 Å². The predicted molar refractivity (Wildman–Crippen MR) is 73.3 cm³/mol. The molecule has 0 unspecified atom stereocenters. The average Bonchev–Trinajstić information content (AvgIpc) is 2.91. The fraction of sp³-hybridized carbons (Fsp3) is 0.250. The van der Waals surface area contributed by atoms with Gasteiger partial charge in [0.2, 0.25) is 0 Å². The van der Waals surface area contributed by atoms with Crippen LogP contribution in [-0.4, -0.2) is 19.6 Å². The molecule has 3 aromatic rings. The van der Waals surface area contributed by atoms with Crippen LogP contribution < -0.4 is 0 Å². The molecule has 0 fully saturated rings. The number of aromatic nitrogens is 4. The van der Waals surface area contributed by atoms with Gasteiger partial charge in [0.1, 0.15) is 0 Å². The van der Waals surface area contributed by atoms with Gasteiger partial charge in [0, 0.05) is 10.6 Å². The molecule has 18 heavy (non-hydrogen) atoms. The molecule has 0 saturated carbocycles. The van der Waals surface area contributed by atoms with Gasteiger partial charge in [0.25, 0.3) is 0 Å². The molecular formula is C12H11ClN4S. The summed E-state index contributed by atoms with van der Waals surface area (Å²) in [6.45, 7) is 6.01. The number of rotatable bonds is 1. The molecule has 0 amide bonds. The van der Waals surface area contributed by atoms with Crippen LogP contribution in [-0.2, 0) is 0 Å². The molecule has 0 radical (unpaired) electrons. The molecule has 3 rings (SSSR count). The van der Waals surface area contributed by atoms with Crippen molar-refractivity contribution in [2.45, 2.75) is 20.8 Å². The van der Waals surface area contributed by atoms with Crippen molar-refractivity contribution >= 4 is 28.6 Å². The Morgan fingerprint density at radius 3 is 2.61 bits per heavy atom. The lowest BCUT2D eigenvalue weighted by molar-refractivity contribution is 1.00. The highest BCUT2D eigenvalue weighted by molar-refractivity contribution is 7.15. The summed E-state index contributed by atoms with van der Waals surface area (Å²) < 4.78 is 1.97. The quantitative estimate of drug-likeness (QED) is 0.685. The van der Waals surface area contributed by atoms with Crippen LogP contribution in [0.4, 0.5) is 0 Å². The van der Waals surface area contributed by atoms with E-state index in [2.05, 4.69) is 34.2 Å². The largest absolute Gasteiger partial charge is 0.275 e. The monoisotopic (exact) mass is 278 g/mol. The van der Waals surface area contributed by atoms with Gasteiger partial charge in [0.15, 0.2) is 16.6 Å². The van der Waals surface area contributed by atoms with Crippen LogP contribution in [0.15, 0.2) is 12.1 Å². The predicted octanol–water partition coefficient (Wildman–Crippen LogP) is 3.43. The molecule has 6 heteroatoms. The second-order valence-corrected chi connectivity index (χ2v) is 5.81. The Bertz CT molecular complexity index is 744. The van der Waals surface area contributed by atoms with Crippen LogP contribution in [0.1, 0.15) is 16.3 Å². The first kappa shape index (κ1) is 11.6. The summed E-state index contributed by atoms with van der Waals surface area (Å²) in [6, 6.07) is 4.13. The first-order valence-electron chi connectivity index (χ1n) is 5.52. The second-order valence-electron chi connectivity index (χ2n) is 4.17. The van der Waals surface area contributed by atoms with Gasteiger partial charge >= 0.3 is 0 Å². The van der Waals surface area contributed by atoms with Crippen molar-refractivity contribution in [1.29, 1.82) is 0 Å². The van der Waals surface area contributed by atoms with Crippen LogP contribution in [0.25, 0.3) is 16.3 Å². The maximum Gasteiger partial charge on any atom is 0.199 e. The van der Waals surface area contributed by atoms with E-state index in [4.69, 9.17) is 11.6 Å².